The van der Waals surface area contributed by atoms with Gasteiger partial charge in [-0.25, -0.2) is 4.98 Å². The van der Waals surface area contributed by atoms with E-state index in [0.29, 0.717) is 36.3 Å². The summed E-state index contributed by atoms with van der Waals surface area (Å²) >= 11 is 0. The maximum atomic E-state index is 5.62. The third-order valence-electron chi connectivity index (χ3n) is 4.48. The summed E-state index contributed by atoms with van der Waals surface area (Å²) in [7, 11) is 3.23. The highest BCUT2D eigenvalue weighted by atomic mass is 127. The molecule has 0 fully saturated rings. The van der Waals surface area contributed by atoms with Crippen LogP contribution in [0, 0.1) is 6.92 Å². The summed E-state index contributed by atoms with van der Waals surface area (Å²) in [6.07, 6.45) is 2.37. The van der Waals surface area contributed by atoms with Gasteiger partial charge in [0.05, 0.1) is 19.9 Å². The van der Waals surface area contributed by atoms with Crippen LogP contribution < -0.4 is 20.1 Å². The number of rotatable bonds is 8. The fourth-order valence-electron chi connectivity index (χ4n) is 2.89. The highest BCUT2D eigenvalue weighted by Crippen LogP contribution is 2.29. The first-order chi connectivity index (χ1) is 14.6. The van der Waals surface area contributed by atoms with Gasteiger partial charge in [0.1, 0.15) is 6.26 Å². The number of oxazole rings is 1. The summed E-state index contributed by atoms with van der Waals surface area (Å²) in [6.45, 7) is 5.40. The van der Waals surface area contributed by atoms with E-state index in [1.165, 1.54) is 5.56 Å². The lowest BCUT2D eigenvalue weighted by Crippen LogP contribution is -2.30. The maximum absolute atomic E-state index is 5.62. The molecule has 0 amide bonds. The van der Waals surface area contributed by atoms with E-state index < -0.39 is 0 Å². The minimum Gasteiger partial charge on any atom is -0.493 e. The summed E-state index contributed by atoms with van der Waals surface area (Å²) in [6, 6.07) is 13.8. The van der Waals surface area contributed by atoms with Crippen LogP contribution in [0.3, 0.4) is 0 Å². The first kappa shape index (κ1) is 24.5. The lowest BCUT2D eigenvalue weighted by atomic mass is 10.1. The summed E-state index contributed by atoms with van der Waals surface area (Å²) in [5, 5.41) is 6.53. The van der Waals surface area contributed by atoms with Crippen molar-refractivity contribution in [1.82, 2.24) is 10.3 Å². The lowest BCUT2D eigenvalue weighted by Gasteiger charge is -2.13. The van der Waals surface area contributed by atoms with Crippen LogP contribution in [0.4, 0.5) is 5.69 Å². The van der Waals surface area contributed by atoms with E-state index in [-0.39, 0.29) is 24.0 Å². The van der Waals surface area contributed by atoms with Crippen molar-refractivity contribution in [3.05, 3.63) is 60.0 Å². The fraction of sp³-hybridized carbons (Fsp3) is 0.304. The standard InChI is InChI=1S/C23H28N4O3.HI/c1-5-24-23(27-18-10-11-20(28-3)21(14-18)29-4)25-13-12-19-15-30-22(26-19)17-8-6-16(2)7-9-17;/h6-11,14-15H,5,12-13H2,1-4H3,(H2,24,25,27);1H. The van der Waals surface area contributed by atoms with Crippen molar-refractivity contribution in [2.75, 3.05) is 32.6 Å². The van der Waals surface area contributed by atoms with Crippen molar-refractivity contribution < 1.29 is 13.9 Å². The second-order valence-corrected chi connectivity index (χ2v) is 6.72. The second kappa shape index (κ2) is 12.2. The smallest absolute Gasteiger partial charge is 0.226 e. The first-order valence-electron chi connectivity index (χ1n) is 9.91. The Bertz CT molecular complexity index is 987. The van der Waals surface area contributed by atoms with Gasteiger partial charge in [0, 0.05) is 36.8 Å². The molecule has 8 heteroatoms. The minimum atomic E-state index is 0. The van der Waals surface area contributed by atoms with E-state index in [2.05, 4.69) is 27.5 Å². The maximum Gasteiger partial charge on any atom is 0.226 e. The number of aryl methyl sites for hydroxylation is 1. The van der Waals surface area contributed by atoms with Crippen LogP contribution in [0.5, 0.6) is 11.5 Å². The SMILES string of the molecule is CCNC(=NCCc1coc(-c2ccc(C)cc2)n1)Nc1ccc(OC)c(OC)c1.I. The van der Waals surface area contributed by atoms with Gasteiger partial charge in [-0.05, 0) is 38.1 Å². The van der Waals surface area contributed by atoms with Gasteiger partial charge in [0.2, 0.25) is 5.89 Å². The van der Waals surface area contributed by atoms with E-state index in [0.717, 1.165) is 23.5 Å². The summed E-state index contributed by atoms with van der Waals surface area (Å²) in [5.74, 6) is 2.65. The molecule has 7 nitrogen and oxygen atoms in total. The predicted molar refractivity (Wildman–Crippen MR) is 135 cm³/mol. The van der Waals surface area contributed by atoms with Gasteiger partial charge in [-0.15, -0.1) is 24.0 Å². The molecule has 0 aliphatic rings. The molecule has 0 aliphatic heterocycles. The number of nitrogens with zero attached hydrogens (tertiary/aromatic N) is 2. The Hall–Kier alpha value is -2.75. The number of aromatic nitrogens is 1. The second-order valence-electron chi connectivity index (χ2n) is 6.72. The molecule has 3 rings (SSSR count). The van der Waals surface area contributed by atoms with Gasteiger partial charge in [-0.1, -0.05) is 17.7 Å². The van der Waals surface area contributed by atoms with E-state index >= 15 is 0 Å². The van der Waals surface area contributed by atoms with Crippen LogP contribution in [-0.2, 0) is 6.42 Å². The number of halogens is 1. The third kappa shape index (κ3) is 6.88. The van der Waals surface area contributed by atoms with E-state index in [4.69, 9.17) is 13.9 Å². The molecule has 0 saturated heterocycles. The number of aliphatic imine (C=N–C) groups is 1. The molecule has 0 atom stereocenters. The quantitative estimate of drug-likeness (QED) is 0.242. The predicted octanol–water partition coefficient (Wildman–Crippen LogP) is 4.91. The number of anilines is 1. The van der Waals surface area contributed by atoms with Crippen molar-refractivity contribution in [2.45, 2.75) is 20.3 Å². The molecule has 1 aromatic heterocycles. The molecule has 0 bridgehead atoms. The summed E-state index contributed by atoms with van der Waals surface area (Å²) in [5.41, 5.74) is 3.91. The highest BCUT2D eigenvalue weighted by molar-refractivity contribution is 14.0. The molecule has 2 aromatic carbocycles. The van der Waals surface area contributed by atoms with Crippen molar-refractivity contribution in [1.29, 1.82) is 0 Å². The number of methoxy groups -OCH3 is 2. The zero-order valence-corrected chi connectivity index (χ0v) is 20.6. The largest absolute Gasteiger partial charge is 0.493 e. The zero-order chi connectivity index (χ0) is 21.3. The Morgan fingerprint density at radius 1 is 1.06 bits per heavy atom. The van der Waals surface area contributed by atoms with Gasteiger partial charge in [0.15, 0.2) is 17.5 Å². The zero-order valence-electron chi connectivity index (χ0n) is 18.3. The molecule has 0 saturated carbocycles. The number of hydrogen-bond donors (Lipinski definition) is 2. The first-order valence-corrected chi connectivity index (χ1v) is 9.91. The Morgan fingerprint density at radius 2 is 1.81 bits per heavy atom. The molecule has 1 heterocycles. The molecule has 0 unspecified atom stereocenters. The molecular weight excluding hydrogens is 507 g/mol. The Kier molecular flexibility index (Phi) is 9.64. The van der Waals surface area contributed by atoms with Gasteiger partial charge in [-0.2, -0.15) is 0 Å². The van der Waals surface area contributed by atoms with Crippen LogP contribution in [0.2, 0.25) is 0 Å². The van der Waals surface area contributed by atoms with Crippen molar-refractivity contribution >= 4 is 35.6 Å². The van der Waals surface area contributed by atoms with Gasteiger partial charge in [0.25, 0.3) is 0 Å². The van der Waals surface area contributed by atoms with Crippen LogP contribution in [0.25, 0.3) is 11.5 Å². The molecule has 3 aromatic rings. The van der Waals surface area contributed by atoms with Crippen molar-refractivity contribution in [2.24, 2.45) is 4.99 Å². The van der Waals surface area contributed by atoms with E-state index in [9.17, 15) is 0 Å². The van der Waals surface area contributed by atoms with E-state index in [1.54, 1.807) is 20.5 Å². The lowest BCUT2D eigenvalue weighted by molar-refractivity contribution is 0.355. The monoisotopic (exact) mass is 536 g/mol. The average Bonchev–Trinajstić information content (AvgIpc) is 3.23. The van der Waals surface area contributed by atoms with Gasteiger partial charge < -0.3 is 24.5 Å². The fourth-order valence-corrected chi connectivity index (χ4v) is 2.89. The molecule has 0 spiro atoms. The van der Waals surface area contributed by atoms with Gasteiger partial charge in [-0.3, -0.25) is 4.99 Å². The van der Waals surface area contributed by atoms with Crippen LogP contribution >= 0.6 is 24.0 Å². The normalized spacial score (nSPS) is 10.9. The van der Waals surface area contributed by atoms with Crippen LogP contribution in [0.1, 0.15) is 18.2 Å². The number of ether oxygens (including phenoxy) is 2. The Balaban J connectivity index is 0.00000341. The third-order valence-corrected chi connectivity index (χ3v) is 4.48. The molecule has 166 valence electrons. The van der Waals surface area contributed by atoms with Gasteiger partial charge >= 0.3 is 0 Å². The highest BCUT2D eigenvalue weighted by Gasteiger charge is 2.08. The van der Waals surface area contributed by atoms with Crippen molar-refractivity contribution in [3.63, 3.8) is 0 Å². The molecule has 0 radical (unpaired) electrons. The number of hydrogen-bond acceptors (Lipinski definition) is 5. The van der Waals surface area contributed by atoms with E-state index in [1.807, 2.05) is 49.4 Å². The van der Waals surface area contributed by atoms with Crippen LogP contribution in [0.15, 0.2) is 58.1 Å². The number of nitrogens with one attached hydrogen (secondary N) is 2. The molecule has 2 N–H and O–H groups in total. The topological polar surface area (TPSA) is 80.9 Å². The average molecular weight is 536 g/mol. The van der Waals surface area contributed by atoms with Crippen LogP contribution in [-0.4, -0.2) is 38.3 Å². The summed E-state index contributed by atoms with van der Waals surface area (Å²) in [4.78, 5) is 9.21. The molecular formula is C23H29IN4O3. The Morgan fingerprint density at radius 3 is 2.48 bits per heavy atom. The Labute approximate surface area is 200 Å². The minimum absolute atomic E-state index is 0. The molecule has 0 aliphatic carbocycles. The number of guanidine groups is 1. The summed E-state index contributed by atoms with van der Waals surface area (Å²) < 4.78 is 16.3. The van der Waals surface area contributed by atoms with Crippen molar-refractivity contribution in [3.8, 4) is 23.0 Å². The number of benzene rings is 2. The molecule has 31 heavy (non-hydrogen) atoms.